The number of benzene rings is 2. The molecular weight excluding hydrogens is 444 g/mol. The molecule has 0 aromatic heterocycles. The predicted octanol–water partition coefficient (Wildman–Crippen LogP) is 2.87. The van der Waals surface area contributed by atoms with Gasteiger partial charge in [0.05, 0.1) is 6.67 Å². The zero-order valence-corrected chi connectivity index (χ0v) is 20.8. The van der Waals surface area contributed by atoms with Crippen molar-refractivity contribution in [1.29, 1.82) is 0 Å². The van der Waals surface area contributed by atoms with Crippen LogP contribution in [0.15, 0.2) is 60.7 Å². The molecule has 0 aliphatic carbocycles. The smallest absolute Gasteiger partial charge is 0.251 e. The topological polar surface area (TPSA) is 116 Å². The van der Waals surface area contributed by atoms with E-state index in [1.54, 1.807) is 48.5 Å². The van der Waals surface area contributed by atoms with E-state index in [9.17, 15) is 19.2 Å². The zero-order chi connectivity index (χ0) is 25.8. The molecular formula is C27H36N4O4. The van der Waals surface area contributed by atoms with Crippen molar-refractivity contribution in [3.8, 4) is 0 Å². The molecule has 4 N–H and O–H groups in total. The van der Waals surface area contributed by atoms with Crippen LogP contribution in [-0.2, 0) is 9.59 Å². The fraction of sp³-hybridized carbons (Fsp3) is 0.407. The van der Waals surface area contributed by atoms with Crippen molar-refractivity contribution in [2.24, 2.45) is 11.8 Å². The molecule has 2 rings (SSSR count). The van der Waals surface area contributed by atoms with E-state index < -0.39 is 23.9 Å². The number of carbonyl (C=O) groups excluding carboxylic acids is 4. The normalized spacial score (nSPS) is 14.1. The van der Waals surface area contributed by atoms with Crippen LogP contribution in [0.25, 0.3) is 0 Å². The van der Waals surface area contributed by atoms with E-state index in [-0.39, 0.29) is 30.3 Å². The molecule has 0 fully saturated rings. The van der Waals surface area contributed by atoms with Crippen molar-refractivity contribution in [3.63, 3.8) is 0 Å². The molecule has 0 aliphatic heterocycles. The van der Waals surface area contributed by atoms with Gasteiger partial charge in [-0.15, -0.1) is 0 Å². The highest BCUT2D eigenvalue weighted by atomic mass is 16.2. The summed E-state index contributed by atoms with van der Waals surface area (Å²) in [6.07, 6.45) is 1.36. The first-order valence-electron chi connectivity index (χ1n) is 12.1. The van der Waals surface area contributed by atoms with E-state index in [0.717, 1.165) is 0 Å². The monoisotopic (exact) mass is 480 g/mol. The lowest BCUT2D eigenvalue weighted by molar-refractivity contribution is -0.126. The van der Waals surface area contributed by atoms with Gasteiger partial charge >= 0.3 is 0 Å². The molecule has 4 amide bonds. The predicted molar refractivity (Wildman–Crippen MR) is 135 cm³/mol. The zero-order valence-electron chi connectivity index (χ0n) is 20.8. The Morgan fingerprint density at radius 3 is 1.29 bits per heavy atom. The summed E-state index contributed by atoms with van der Waals surface area (Å²) in [6.45, 7) is 7.51. The van der Waals surface area contributed by atoms with E-state index in [4.69, 9.17) is 0 Å². The van der Waals surface area contributed by atoms with Crippen molar-refractivity contribution in [2.45, 2.75) is 52.6 Å². The summed E-state index contributed by atoms with van der Waals surface area (Å²) in [5.41, 5.74) is 0.930. The Kier molecular flexibility index (Phi) is 10.9. The van der Waals surface area contributed by atoms with Crippen molar-refractivity contribution >= 4 is 23.6 Å². The summed E-state index contributed by atoms with van der Waals surface area (Å²) < 4.78 is 0. The highest BCUT2D eigenvalue weighted by Gasteiger charge is 2.28. The van der Waals surface area contributed by atoms with Crippen LogP contribution in [0.4, 0.5) is 0 Å². The van der Waals surface area contributed by atoms with E-state index >= 15 is 0 Å². The molecule has 0 aliphatic rings. The number of amides is 4. The van der Waals surface area contributed by atoms with E-state index in [1.165, 1.54) is 0 Å². The van der Waals surface area contributed by atoms with Gasteiger partial charge < -0.3 is 21.3 Å². The quantitative estimate of drug-likeness (QED) is 0.350. The van der Waals surface area contributed by atoms with Crippen molar-refractivity contribution in [3.05, 3.63) is 71.8 Å². The Morgan fingerprint density at radius 2 is 0.971 bits per heavy atom. The maximum Gasteiger partial charge on any atom is 0.251 e. The number of rotatable bonds is 12. The van der Waals surface area contributed by atoms with Crippen molar-refractivity contribution in [1.82, 2.24) is 21.3 Å². The lowest BCUT2D eigenvalue weighted by Gasteiger charge is -2.25. The van der Waals surface area contributed by atoms with Gasteiger partial charge in [-0.05, 0) is 36.1 Å². The fourth-order valence-electron chi connectivity index (χ4n) is 3.47. The standard InChI is InChI=1S/C27H36N4O4/c1-5-18(3)22(30-24(32)20-13-9-7-10-14-20)26(34)28-17-29-27(35)23(19(4)6-2)31-25(33)21-15-11-8-12-16-21/h7-16,18-19,22-23H,5-6,17H2,1-4H3,(H,28,34)(H,29,35)(H,30,32)(H,31,33)/t18?,19?,22-,23-/m0/s1. The molecule has 8 heteroatoms. The second-order valence-corrected chi connectivity index (χ2v) is 8.66. The molecule has 188 valence electrons. The van der Waals surface area contributed by atoms with Gasteiger partial charge in [0.2, 0.25) is 11.8 Å². The molecule has 0 radical (unpaired) electrons. The Bertz CT molecular complexity index is 902. The highest BCUT2D eigenvalue weighted by molar-refractivity contribution is 5.98. The molecule has 2 unspecified atom stereocenters. The maximum atomic E-state index is 12.9. The summed E-state index contributed by atoms with van der Waals surface area (Å²) in [5.74, 6) is -1.69. The third-order valence-corrected chi connectivity index (χ3v) is 6.16. The summed E-state index contributed by atoms with van der Waals surface area (Å²) in [7, 11) is 0. The number of hydrogen-bond acceptors (Lipinski definition) is 4. The number of hydrogen-bond donors (Lipinski definition) is 4. The minimum Gasteiger partial charge on any atom is -0.340 e. The van der Waals surface area contributed by atoms with Gasteiger partial charge in [0.1, 0.15) is 12.1 Å². The lowest BCUT2D eigenvalue weighted by Crippen LogP contribution is -2.55. The SMILES string of the molecule is CCC(C)[C@H](NC(=O)c1ccccc1)C(=O)NCNC(=O)[C@@H](NC(=O)c1ccccc1)C(C)CC. The molecule has 8 nitrogen and oxygen atoms in total. The average Bonchev–Trinajstić information content (AvgIpc) is 2.89. The summed E-state index contributed by atoms with van der Waals surface area (Å²) in [4.78, 5) is 50.9. The molecule has 0 spiro atoms. The van der Waals surface area contributed by atoms with Gasteiger partial charge in [-0.2, -0.15) is 0 Å². The van der Waals surface area contributed by atoms with Crippen LogP contribution in [0.2, 0.25) is 0 Å². The van der Waals surface area contributed by atoms with Gasteiger partial charge in [-0.1, -0.05) is 76.9 Å². The van der Waals surface area contributed by atoms with Crippen LogP contribution in [-0.4, -0.2) is 42.4 Å². The largest absolute Gasteiger partial charge is 0.340 e. The molecule has 0 bridgehead atoms. The van der Waals surface area contributed by atoms with Crippen LogP contribution < -0.4 is 21.3 Å². The lowest BCUT2D eigenvalue weighted by atomic mass is 9.97. The molecule has 0 saturated heterocycles. The van der Waals surface area contributed by atoms with E-state index in [2.05, 4.69) is 21.3 Å². The minimum atomic E-state index is -0.757. The van der Waals surface area contributed by atoms with E-state index in [1.807, 2.05) is 39.8 Å². The van der Waals surface area contributed by atoms with Crippen LogP contribution in [0.1, 0.15) is 61.3 Å². The summed E-state index contributed by atoms with van der Waals surface area (Å²) in [5, 5.41) is 11.0. The first-order chi connectivity index (χ1) is 16.8. The Morgan fingerprint density at radius 1 is 0.629 bits per heavy atom. The van der Waals surface area contributed by atoms with Crippen LogP contribution >= 0.6 is 0 Å². The van der Waals surface area contributed by atoms with Gasteiger partial charge in [-0.25, -0.2) is 0 Å². The van der Waals surface area contributed by atoms with Gasteiger partial charge in [0, 0.05) is 11.1 Å². The van der Waals surface area contributed by atoms with Crippen LogP contribution in [0.3, 0.4) is 0 Å². The maximum absolute atomic E-state index is 12.9. The number of nitrogens with one attached hydrogen (secondary N) is 4. The van der Waals surface area contributed by atoms with Gasteiger partial charge in [-0.3, -0.25) is 19.2 Å². The molecule has 35 heavy (non-hydrogen) atoms. The van der Waals surface area contributed by atoms with Crippen LogP contribution in [0, 0.1) is 11.8 Å². The molecule has 2 aromatic rings. The highest BCUT2D eigenvalue weighted by Crippen LogP contribution is 2.11. The van der Waals surface area contributed by atoms with Crippen molar-refractivity contribution < 1.29 is 19.2 Å². The second-order valence-electron chi connectivity index (χ2n) is 8.66. The minimum absolute atomic E-state index is 0.114. The fourth-order valence-corrected chi connectivity index (χ4v) is 3.47. The summed E-state index contributed by atoms with van der Waals surface area (Å²) >= 11 is 0. The van der Waals surface area contributed by atoms with Crippen LogP contribution in [0.5, 0.6) is 0 Å². The first-order valence-corrected chi connectivity index (χ1v) is 12.1. The second kappa shape index (κ2) is 13.9. The Balaban J connectivity index is 1.97. The molecule has 2 aromatic carbocycles. The van der Waals surface area contributed by atoms with Gasteiger partial charge in [0.25, 0.3) is 11.8 Å². The number of carbonyl (C=O) groups is 4. The summed E-state index contributed by atoms with van der Waals surface area (Å²) in [6, 6.07) is 15.9. The van der Waals surface area contributed by atoms with Gasteiger partial charge in [0.15, 0.2) is 0 Å². The molecule has 0 heterocycles. The average molecular weight is 481 g/mol. The molecule has 0 saturated carbocycles. The first kappa shape index (κ1) is 27.6. The van der Waals surface area contributed by atoms with Crippen molar-refractivity contribution in [2.75, 3.05) is 6.67 Å². The third-order valence-electron chi connectivity index (χ3n) is 6.16. The third kappa shape index (κ3) is 8.24. The van der Waals surface area contributed by atoms with E-state index in [0.29, 0.717) is 24.0 Å². The molecule has 4 atom stereocenters. The Labute approximate surface area is 207 Å². The Hall–Kier alpha value is -3.68.